The zero-order valence-electron chi connectivity index (χ0n) is 11.2. The highest BCUT2D eigenvalue weighted by atomic mass is 15.2. The molecule has 2 heteroatoms. The third-order valence-electron chi connectivity index (χ3n) is 4.72. The third-order valence-corrected chi connectivity index (χ3v) is 4.72. The second kappa shape index (κ2) is 5.50. The van der Waals surface area contributed by atoms with E-state index in [0.29, 0.717) is 0 Å². The van der Waals surface area contributed by atoms with E-state index in [1.165, 1.54) is 45.2 Å². The normalized spacial score (nSPS) is 42.2. The van der Waals surface area contributed by atoms with Gasteiger partial charge in [0, 0.05) is 18.6 Å². The molecule has 1 saturated carbocycles. The molecule has 4 atom stereocenters. The van der Waals surface area contributed by atoms with Gasteiger partial charge in [-0.1, -0.05) is 13.8 Å². The largest absolute Gasteiger partial charge is 0.316 e. The van der Waals surface area contributed by atoms with Crippen molar-refractivity contribution in [3.05, 3.63) is 0 Å². The Morgan fingerprint density at radius 1 is 1.12 bits per heavy atom. The van der Waals surface area contributed by atoms with Gasteiger partial charge in [-0.3, -0.25) is 4.90 Å². The molecule has 2 nitrogen and oxygen atoms in total. The Kier molecular flexibility index (Phi) is 4.26. The van der Waals surface area contributed by atoms with Gasteiger partial charge in [-0.25, -0.2) is 0 Å². The molecule has 0 spiro atoms. The number of rotatable bonds is 2. The van der Waals surface area contributed by atoms with E-state index in [4.69, 9.17) is 0 Å². The molecule has 0 aromatic rings. The summed E-state index contributed by atoms with van der Waals surface area (Å²) in [5, 5.41) is 3.45. The molecular formula is C14H28N2. The van der Waals surface area contributed by atoms with Crippen molar-refractivity contribution >= 4 is 0 Å². The summed E-state index contributed by atoms with van der Waals surface area (Å²) in [6, 6.07) is 1.60. The van der Waals surface area contributed by atoms with Gasteiger partial charge >= 0.3 is 0 Å². The predicted molar refractivity (Wildman–Crippen MR) is 69.6 cm³/mol. The first-order chi connectivity index (χ1) is 7.70. The number of hydrogen-bond acceptors (Lipinski definition) is 2. The zero-order chi connectivity index (χ0) is 11.5. The van der Waals surface area contributed by atoms with E-state index in [1.807, 2.05) is 0 Å². The number of likely N-dealkylation sites (tertiary alicyclic amines) is 1. The van der Waals surface area contributed by atoms with Crippen molar-refractivity contribution < 1.29 is 0 Å². The summed E-state index contributed by atoms with van der Waals surface area (Å²) in [6.07, 6.45) is 7.05. The quantitative estimate of drug-likeness (QED) is 0.775. The van der Waals surface area contributed by atoms with Crippen molar-refractivity contribution in [3.8, 4) is 0 Å². The zero-order valence-corrected chi connectivity index (χ0v) is 11.2. The van der Waals surface area contributed by atoms with E-state index < -0.39 is 0 Å². The maximum atomic E-state index is 3.45. The molecule has 16 heavy (non-hydrogen) atoms. The van der Waals surface area contributed by atoms with Gasteiger partial charge in [0.2, 0.25) is 0 Å². The minimum absolute atomic E-state index is 0.736. The molecule has 0 aromatic heterocycles. The van der Waals surface area contributed by atoms with Crippen LogP contribution in [-0.2, 0) is 0 Å². The lowest BCUT2D eigenvalue weighted by Gasteiger charge is -2.44. The van der Waals surface area contributed by atoms with Gasteiger partial charge in [-0.15, -0.1) is 0 Å². The van der Waals surface area contributed by atoms with Gasteiger partial charge < -0.3 is 5.32 Å². The van der Waals surface area contributed by atoms with Crippen LogP contribution in [-0.4, -0.2) is 37.1 Å². The number of hydrogen-bond donors (Lipinski definition) is 1. The molecule has 0 radical (unpaired) electrons. The van der Waals surface area contributed by atoms with Gasteiger partial charge in [-0.05, 0) is 57.5 Å². The van der Waals surface area contributed by atoms with Crippen LogP contribution in [0.3, 0.4) is 0 Å². The Morgan fingerprint density at radius 3 is 2.62 bits per heavy atom. The molecule has 4 unspecified atom stereocenters. The average Bonchev–Trinajstić information content (AvgIpc) is 2.29. The molecule has 0 bridgehead atoms. The number of likely N-dealkylation sites (N-methyl/N-ethyl adjacent to an activating group) is 1. The topological polar surface area (TPSA) is 15.3 Å². The summed E-state index contributed by atoms with van der Waals surface area (Å²) >= 11 is 0. The molecular weight excluding hydrogens is 196 g/mol. The van der Waals surface area contributed by atoms with E-state index >= 15 is 0 Å². The van der Waals surface area contributed by atoms with Gasteiger partial charge in [0.15, 0.2) is 0 Å². The first-order valence-electron chi connectivity index (χ1n) is 7.12. The van der Waals surface area contributed by atoms with Crippen molar-refractivity contribution in [2.24, 2.45) is 11.8 Å². The van der Waals surface area contributed by atoms with Gasteiger partial charge in [0.25, 0.3) is 0 Å². The Bertz CT molecular complexity index is 217. The fourth-order valence-corrected chi connectivity index (χ4v) is 3.74. The Balaban J connectivity index is 1.90. The molecule has 1 aliphatic carbocycles. The smallest absolute Gasteiger partial charge is 0.0192 e. The van der Waals surface area contributed by atoms with E-state index in [9.17, 15) is 0 Å². The summed E-state index contributed by atoms with van der Waals surface area (Å²) in [6.45, 7) is 7.49. The Hall–Kier alpha value is -0.0800. The molecule has 1 N–H and O–H groups in total. The monoisotopic (exact) mass is 224 g/mol. The van der Waals surface area contributed by atoms with Crippen molar-refractivity contribution in [2.75, 3.05) is 20.1 Å². The van der Waals surface area contributed by atoms with E-state index in [0.717, 1.165) is 23.9 Å². The van der Waals surface area contributed by atoms with Crippen molar-refractivity contribution in [1.29, 1.82) is 0 Å². The summed E-state index contributed by atoms with van der Waals surface area (Å²) < 4.78 is 0. The van der Waals surface area contributed by atoms with E-state index in [2.05, 4.69) is 31.1 Å². The summed E-state index contributed by atoms with van der Waals surface area (Å²) in [5.41, 5.74) is 0. The first kappa shape index (κ1) is 12.4. The van der Waals surface area contributed by atoms with Crippen molar-refractivity contribution in [3.63, 3.8) is 0 Å². The second-order valence-corrected chi connectivity index (χ2v) is 6.09. The van der Waals surface area contributed by atoms with Crippen molar-refractivity contribution in [1.82, 2.24) is 10.2 Å². The minimum Gasteiger partial charge on any atom is -0.316 e. The van der Waals surface area contributed by atoms with Crippen LogP contribution in [0.2, 0.25) is 0 Å². The van der Waals surface area contributed by atoms with Crippen LogP contribution in [0.15, 0.2) is 0 Å². The molecule has 94 valence electrons. The van der Waals surface area contributed by atoms with Crippen LogP contribution in [0.1, 0.15) is 46.0 Å². The highest BCUT2D eigenvalue weighted by Crippen LogP contribution is 2.33. The average molecular weight is 224 g/mol. The molecule has 2 fully saturated rings. The summed E-state index contributed by atoms with van der Waals surface area (Å²) in [5.74, 6) is 1.86. The lowest BCUT2D eigenvalue weighted by Crippen LogP contribution is -2.51. The maximum Gasteiger partial charge on any atom is 0.0192 e. The first-order valence-corrected chi connectivity index (χ1v) is 7.12. The van der Waals surface area contributed by atoms with Gasteiger partial charge in [-0.2, -0.15) is 0 Å². The van der Waals surface area contributed by atoms with E-state index in [-0.39, 0.29) is 0 Å². The second-order valence-electron chi connectivity index (χ2n) is 6.09. The fraction of sp³-hybridized carbons (Fsp3) is 1.00. The molecule has 0 amide bonds. The molecule has 1 heterocycles. The SMILES string of the molecule is CNC1CCCN(C2CCC(C)CC2C)C1. The highest BCUT2D eigenvalue weighted by Gasteiger charge is 2.32. The number of nitrogens with one attached hydrogen (secondary N) is 1. The molecule has 2 rings (SSSR count). The molecule has 1 saturated heterocycles. The minimum atomic E-state index is 0.736. The standard InChI is InChI=1S/C14H28N2/c1-11-6-7-14(12(2)9-11)16-8-4-5-13(10-16)15-3/h11-15H,4-10H2,1-3H3. The lowest BCUT2D eigenvalue weighted by molar-refractivity contribution is 0.0652. The van der Waals surface area contributed by atoms with Gasteiger partial charge in [0.1, 0.15) is 0 Å². The van der Waals surface area contributed by atoms with Crippen LogP contribution >= 0.6 is 0 Å². The number of piperidine rings is 1. The maximum absolute atomic E-state index is 3.45. The molecule has 1 aliphatic heterocycles. The predicted octanol–water partition coefficient (Wildman–Crippen LogP) is 2.49. The Labute approximate surface area is 101 Å². The molecule has 0 aromatic carbocycles. The van der Waals surface area contributed by atoms with Gasteiger partial charge in [0.05, 0.1) is 0 Å². The summed E-state index contributed by atoms with van der Waals surface area (Å²) in [7, 11) is 2.11. The van der Waals surface area contributed by atoms with Crippen LogP contribution in [0.5, 0.6) is 0 Å². The third kappa shape index (κ3) is 2.78. The summed E-state index contributed by atoms with van der Waals surface area (Å²) in [4.78, 5) is 2.77. The Morgan fingerprint density at radius 2 is 1.94 bits per heavy atom. The van der Waals surface area contributed by atoms with Crippen LogP contribution < -0.4 is 5.32 Å². The van der Waals surface area contributed by atoms with Crippen molar-refractivity contribution in [2.45, 2.75) is 58.0 Å². The number of nitrogens with zero attached hydrogens (tertiary/aromatic N) is 1. The molecule has 2 aliphatic rings. The fourth-order valence-electron chi connectivity index (χ4n) is 3.74. The van der Waals surface area contributed by atoms with E-state index in [1.54, 1.807) is 0 Å². The van der Waals surface area contributed by atoms with Crippen LogP contribution in [0, 0.1) is 11.8 Å². The van der Waals surface area contributed by atoms with Crippen LogP contribution in [0.4, 0.5) is 0 Å². The highest BCUT2D eigenvalue weighted by molar-refractivity contribution is 4.87. The van der Waals surface area contributed by atoms with Crippen LogP contribution in [0.25, 0.3) is 0 Å². The lowest BCUT2D eigenvalue weighted by atomic mass is 9.78.